The van der Waals surface area contributed by atoms with E-state index in [1.54, 1.807) is 11.3 Å². The number of nitrogens with one attached hydrogen (secondary N) is 1. The fourth-order valence-corrected chi connectivity index (χ4v) is 3.60. The zero-order valence-electron chi connectivity index (χ0n) is 14.3. The van der Waals surface area contributed by atoms with Gasteiger partial charge in [0.25, 0.3) is 0 Å². The molecule has 1 atom stereocenters. The van der Waals surface area contributed by atoms with Crippen molar-refractivity contribution in [3.05, 3.63) is 64.7 Å². The zero-order chi connectivity index (χ0) is 17.2. The minimum absolute atomic E-state index is 0.288. The Hall–Kier alpha value is -2.37. The molecular weight excluding hydrogens is 332 g/mol. The van der Waals surface area contributed by atoms with E-state index >= 15 is 0 Å². The summed E-state index contributed by atoms with van der Waals surface area (Å²) in [6.07, 6.45) is 0. The highest BCUT2D eigenvalue weighted by atomic mass is 32.1. The van der Waals surface area contributed by atoms with Crippen molar-refractivity contribution < 1.29 is 9.47 Å². The molecule has 2 heterocycles. The number of nitrogens with zero attached hydrogens (tertiary/aromatic N) is 1. The Bertz CT molecular complexity index is 874. The lowest BCUT2D eigenvalue weighted by atomic mass is 10.1. The van der Waals surface area contributed by atoms with E-state index < -0.39 is 0 Å². The first kappa shape index (κ1) is 16.1. The van der Waals surface area contributed by atoms with Crippen LogP contribution in [0.15, 0.2) is 47.8 Å². The largest absolute Gasteiger partial charge is 0.454 e. The first-order chi connectivity index (χ1) is 12.2. The van der Waals surface area contributed by atoms with Crippen molar-refractivity contribution in [3.8, 4) is 22.1 Å². The van der Waals surface area contributed by atoms with E-state index in [0.717, 1.165) is 34.3 Å². The van der Waals surface area contributed by atoms with Crippen LogP contribution in [0.25, 0.3) is 10.6 Å². The molecule has 1 aliphatic rings. The second-order valence-corrected chi connectivity index (χ2v) is 7.08. The second-order valence-electron chi connectivity index (χ2n) is 6.23. The summed E-state index contributed by atoms with van der Waals surface area (Å²) >= 11 is 1.65. The Balaban J connectivity index is 1.42. The maximum absolute atomic E-state index is 5.45. The maximum Gasteiger partial charge on any atom is 0.231 e. The first-order valence-electron chi connectivity index (χ1n) is 8.33. The van der Waals surface area contributed by atoms with Crippen LogP contribution >= 0.6 is 11.3 Å². The summed E-state index contributed by atoms with van der Waals surface area (Å²) in [6, 6.07) is 14.9. The van der Waals surface area contributed by atoms with Crippen LogP contribution in [0.1, 0.15) is 29.8 Å². The number of hydrogen-bond donors (Lipinski definition) is 1. The number of benzene rings is 2. The summed E-state index contributed by atoms with van der Waals surface area (Å²) in [6.45, 7) is 5.32. The molecule has 25 heavy (non-hydrogen) atoms. The van der Waals surface area contributed by atoms with Gasteiger partial charge < -0.3 is 14.8 Å². The number of thiazole rings is 1. The van der Waals surface area contributed by atoms with Gasteiger partial charge >= 0.3 is 0 Å². The standard InChI is InChI=1S/C20H20N2O2S/c1-13-3-5-15(6-4-13)14(2)21-10-17-11-25-20(22-17)16-7-8-18-19(9-16)24-12-23-18/h3-9,11,14,21H,10,12H2,1-2H3. The van der Waals surface area contributed by atoms with Crippen LogP contribution in [0.5, 0.6) is 11.5 Å². The first-order valence-corrected chi connectivity index (χ1v) is 9.21. The second kappa shape index (κ2) is 6.86. The van der Waals surface area contributed by atoms with Gasteiger partial charge in [-0.15, -0.1) is 11.3 Å². The molecule has 4 rings (SSSR count). The number of rotatable bonds is 5. The third kappa shape index (κ3) is 3.52. The molecule has 1 aromatic heterocycles. The maximum atomic E-state index is 5.45. The van der Waals surface area contributed by atoms with Gasteiger partial charge in [-0.25, -0.2) is 4.98 Å². The van der Waals surface area contributed by atoms with E-state index in [1.165, 1.54) is 11.1 Å². The smallest absolute Gasteiger partial charge is 0.231 e. The number of aromatic nitrogens is 1. The molecule has 0 fully saturated rings. The number of fused-ring (bicyclic) bond motifs is 1. The van der Waals surface area contributed by atoms with E-state index in [0.29, 0.717) is 6.79 Å². The van der Waals surface area contributed by atoms with Crippen molar-refractivity contribution in [1.29, 1.82) is 0 Å². The highest BCUT2D eigenvalue weighted by molar-refractivity contribution is 7.13. The molecule has 1 N–H and O–H groups in total. The summed E-state index contributed by atoms with van der Waals surface area (Å²) in [7, 11) is 0. The monoisotopic (exact) mass is 352 g/mol. The molecule has 3 aromatic rings. The SMILES string of the molecule is Cc1ccc(C(C)NCc2csc(-c3ccc4c(c3)OCO4)n2)cc1. The molecule has 0 saturated carbocycles. The molecule has 0 amide bonds. The summed E-state index contributed by atoms with van der Waals surface area (Å²) in [5.41, 5.74) is 4.68. The average molecular weight is 352 g/mol. The van der Waals surface area contributed by atoms with E-state index in [9.17, 15) is 0 Å². The van der Waals surface area contributed by atoms with Crippen LogP contribution in [0.2, 0.25) is 0 Å². The normalized spacial score (nSPS) is 13.8. The van der Waals surface area contributed by atoms with Crippen molar-refractivity contribution >= 4 is 11.3 Å². The van der Waals surface area contributed by atoms with E-state index in [4.69, 9.17) is 14.5 Å². The molecular formula is C20H20N2O2S. The molecule has 0 radical (unpaired) electrons. The summed E-state index contributed by atoms with van der Waals surface area (Å²) in [5, 5.41) is 6.64. The molecule has 128 valence electrons. The Labute approximate surface area is 151 Å². The van der Waals surface area contributed by atoms with Crippen molar-refractivity contribution in [1.82, 2.24) is 10.3 Å². The van der Waals surface area contributed by atoms with E-state index in [-0.39, 0.29) is 6.04 Å². The fraction of sp³-hybridized carbons (Fsp3) is 0.250. The highest BCUT2D eigenvalue weighted by Gasteiger charge is 2.15. The zero-order valence-corrected chi connectivity index (χ0v) is 15.1. The van der Waals surface area contributed by atoms with Gasteiger partial charge in [0, 0.05) is 23.5 Å². The predicted octanol–water partition coefficient (Wildman–Crippen LogP) is 4.70. The van der Waals surface area contributed by atoms with Crippen molar-refractivity contribution in [2.45, 2.75) is 26.4 Å². The highest BCUT2D eigenvalue weighted by Crippen LogP contribution is 2.36. The van der Waals surface area contributed by atoms with Gasteiger partial charge in [-0.05, 0) is 37.6 Å². The van der Waals surface area contributed by atoms with Crippen LogP contribution in [0.4, 0.5) is 0 Å². The Morgan fingerprint density at radius 3 is 2.76 bits per heavy atom. The minimum Gasteiger partial charge on any atom is -0.454 e. The van der Waals surface area contributed by atoms with Crippen molar-refractivity contribution in [2.24, 2.45) is 0 Å². The van der Waals surface area contributed by atoms with Gasteiger partial charge in [0.15, 0.2) is 11.5 Å². The van der Waals surface area contributed by atoms with Gasteiger partial charge in [0.1, 0.15) is 5.01 Å². The summed E-state index contributed by atoms with van der Waals surface area (Å²) in [5.74, 6) is 1.59. The topological polar surface area (TPSA) is 43.4 Å². The third-order valence-corrected chi connectivity index (χ3v) is 5.28. The lowest BCUT2D eigenvalue weighted by molar-refractivity contribution is 0.174. The van der Waals surface area contributed by atoms with Gasteiger partial charge in [0.05, 0.1) is 5.69 Å². The third-order valence-electron chi connectivity index (χ3n) is 4.34. The van der Waals surface area contributed by atoms with Crippen molar-refractivity contribution in [3.63, 3.8) is 0 Å². The number of aryl methyl sites for hydroxylation is 1. The Kier molecular flexibility index (Phi) is 4.42. The molecule has 1 aliphatic heterocycles. The van der Waals surface area contributed by atoms with Gasteiger partial charge in [-0.1, -0.05) is 29.8 Å². The quantitative estimate of drug-likeness (QED) is 0.723. The van der Waals surface area contributed by atoms with E-state index in [2.05, 4.69) is 48.8 Å². The Morgan fingerprint density at radius 2 is 1.92 bits per heavy atom. The average Bonchev–Trinajstić information content (AvgIpc) is 3.28. The fourth-order valence-electron chi connectivity index (χ4n) is 2.78. The van der Waals surface area contributed by atoms with E-state index in [1.807, 2.05) is 18.2 Å². The van der Waals surface area contributed by atoms with Crippen molar-refractivity contribution in [2.75, 3.05) is 6.79 Å². The molecule has 0 aliphatic carbocycles. The lowest BCUT2D eigenvalue weighted by Gasteiger charge is -2.13. The van der Waals surface area contributed by atoms with Crippen LogP contribution < -0.4 is 14.8 Å². The molecule has 0 spiro atoms. The van der Waals surface area contributed by atoms with Gasteiger partial charge in [-0.2, -0.15) is 0 Å². The molecule has 4 nitrogen and oxygen atoms in total. The summed E-state index contributed by atoms with van der Waals surface area (Å²) < 4.78 is 10.8. The number of hydrogen-bond acceptors (Lipinski definition) is 5. The van der Waals surface area contributed by atoms with Crippen LogP contribution in [0.3, 0.4) is 0 Å². The van der Waals surface area contributed by atoms with Crippen LogP contribution in [-0.2, 0) is 6.54 Å². The number of ether oxygens (including phenoxy) is 2. The molecule has 5 heteroatoms. The summed E-state index contributed by atoms with van der Waals surface area (Å²) in [4.78, 5) is 4.75. The molecule has 1 unspecified atom stereocenters. The minimum atomic E-state index is 0.288. The predicted molar refractivity (Wildman–Crippen MR) is 100 cm³/mol. The Morgan fingerprint density at radius 1 is 1.12 bits per heavy atom. The molecule has 2 aromatic carbocycles. The van der Waals surface area contributed by atoms with Crippen LogP contribution in [-0.4, -0.2) is 11.8 Å². The lowest BCUT2D eigenvalue weighted by Crippen LogP contribution is -2.18. The molecule has 0 bridgehead atoms. The molecule has 0 saturated heterocycles. The van der Waals surface area contributed by atoms with Crippen LogP contribution in [0, 0.1) is 6.92 Å². The van der Waals surface area contributed by atoms with Gasteiger partial charge in [0.2, 0.25) is 6.79 Å². The van der Waals surface area contributed by atoms with Gasteiger partial charge in [-0.3, -0.25) is 0 Å².